The van der Waals surface area contributed by atoms with E-state index in [0.717, 1.165) is 12.8 Å². The molecule has 2 fully saturated rings. The van der Waals surface area contributed by atoms with E-state index in [1.807, 2.05) is 6.08 Å². The smallest absolute Gasteiger partial charge is 0.0652 e. The normalized spacial score (nSPS) is 50.3. The molecule has 0 aromatic rings. The van der Waals surface area contributed by atoms with E-state index in [9.17, 15) is 10.2 Å². The Balaban J connectivity index is 2.12. The fraction of sp³-hybridized carbons (Fsp3) is 0.800. The molecule has 2 N–H and O–H groups in total. The van der Waals surface area contributed by atoms with Crippen LogP contribution >= 0.6 is 0 Å². The van der Waals surface area contributed by atoms with E-state index in [-0.39, 0.29) is 18.1 Å². The van der Waals surface area contributed by atoms with Crippen LogP contribution in [-0.2, 0) is 0 Å². The minimum atomic E-state index is -0.287. The molecular weight excluding hydrogens is 152 g/mol. The molecule has 2 aliphatic rings. The Labute approximate surface area is 72.9 Å². The van der Waals surface area contributed by atoms with E-state index in [2.05, 4.69) is 6.58 Å². The summed E-state index contributed by atoms with van der Waals surface area (Å²) in [5.74, 6) is 1.17. The van der Waals surface area contributed by atoms with Crippen molar-refractivity contribution in [1.82, 2.24) is 0 Å². The Kier molecular flexibility index (Phi) is 1.77. The maximum absolute atomic E-state index is 9.87. The maximum atomic E-state index is 9.87. The van der Waals surface area contributed by atoms with Crippen LogP contribution in [0.3, 0.4) is 0 Å². The Morgan fingerprint density at radius 2 is 2.33 bits per heavy atom. The summed E-state index contributed by atoms with van der Waals surface area (Å²) in [5.41, 5.74) is -0.241. The van der Waals surface area contributed by atoms with Gasteiger partial charge in [0.1, 0.15) is 0 Å². The van der Waals surface area contributed by atoms with E-state index in [1.165, 1.54) is 6.42 Å². The quantitative estimate of drug-likeness (QED) is 0.616. The zero-order chi connectivity index (χ0) is 8.77. The first-order valence-corrected chi connectivity index (χ1v) is 4.63. The lowest BCUT2D eigenvalue weighted by Crippen LogP contribution is -2.36. The van der Waals surface area contributed by atoms with Gasteiger partial charge in [-0.2, -0.15) is 0 Å². The fourth-order valence-electron chi connectivity index (χ4n) is 2.70. The van der Waals surface area contributed by atoms with Gasteiger partial charge in [0, 0.05) is 5.41 Å². The van der Waals surface area contributed by atoms with Crippen molar-refractivity contribution in [3.8, 4) is 0 Å². The summed E-state index contributed by atoms with van der Waals surface area (Å²) in [4.78, 5) is 0. The van der Waals surface area contributed by atoms with Gasteiger partial charge in [0.2, 0.25) is 0 Å². The van der Waals surface area contributed by atoms with Gasteiger partial charge in [-0.15, -0.1) is 6.58 Å². The Hall–Kier alpha value is -0.340. The molecule has 0 aliphatic heterocycles. The zero-order valence-corrected chi connectivity index (χ0v) is 7.24. The highest BCUT2D eigenvalue weighted by atomic mass is 16.3. The molecule has 0 saturated heterocycles. The number of rotatable bonds is 3. The molecule has 12 heavy (non-hydrogen) atoms. The van der Waals surface area contributed by atoms with Crippen LogP contribution in [0.15, 0.2) is 12.7 Å². The van der Waals surface area contributed by atoms with Gasteiger partial charge < -0.3 is 10.2 Å². The molecule has 2 saturated carbocycles. The van der Waals surface area contributed by atoms with Crippen molar-refractivity contribution < 1.29 is 10.2 Å². The van der Waals surface area contributed by atoms with Crippen LogP contribution in [0.2, 0.25) is 0 Å². The molecule has 0 amide bonds. The van der Waals surface area contributed by atoms with E-state index in [0.29, 0.717) is 11.8 Å². The predicted molar refractivity (Wildman–Crippen MR) is 46.6 cm³/mol. The average molecular weight is 168 g/mol. The highest BCUT2D eigenvalue weighted by Gasteiger charge is 2.59. The van der Waals surface area contributed by atoms with E-state index in [1.54, 1.807) is 0 Å². The van der Waals surface area contributed by atoms with E-state index in [4.69, 9.17) is 0 Å². The lowest BCUT2D eigenvalue weighted by Gasteiger charge is -2.31. The summed E-state index contributed by atoms with van der Waals surface area (Å²) in [6.45, 7) is 3.77. The van der Waals surface area contributed by atoms with E-state index >= 15 is 0 Å². The molecule has 2 heteroatoms. The number of aliphatic hydroxyl groups excluding tert-OH is 2. The van der Waals surface area contributed by atoms with Crippen molar-refractivity contribution in [3.63, 3.8) is 0 Å². The minimum Gasteiger partial charge on any atom is -0.396 e. The van der Waals surface area contributed by atoms with Gasteiger partial charge in [-0.25, -0.2) is 0 Å². The zero-order valence-electron chi connectivity index (χ0n) is 7.24. The molecule has 2 rings (SSSR count). The summed E-state index contributed by atoms with van der Waals surface area (Å²) >= 11 is 0. The third-order valence-electron chi connectivity index (χ3n) is 3.54. The molecule has 68 valence electrons. The summed E-state index contributed by atoms with van der Waals surface area (Å²) in [7, 11) is 0. The molecule has 0 aromatic carbocycles. The van der Waals surface area contributed by atoms with Crippen LogP contribution in [0.25, 0.3) is 0 Å². The monoisotopic (exact) mass is 168 g/mol. The number of allylic oxidation sites excluding steroid dienone is 1. The molecule has 0 heterocycles. The second kappa shape index (κ2) is 2.57. The first kappa shape index (κ1) is 8.27. The molecular formula is C10H16O2. The number of fused-ring (bicyclic) bond motifs is 1. The summed E-state index contributed by atoms with van der Waals surface area (Å²) in [6.07, 6.45) is 4.43. The molecule has 4 atom stereocenters. The summed E-state index contributed by atoms with van der Waals surface area (Å²) in [6, 6.07) is 0. The van der Waals surface area contributed by atoms with Crippen molar-refractivity contribution in [3.05, 3.63) is 12.7 Å². The topological polar surface area (TPSA) is 40.5 Å². The first-order valence-electron chi connectivity index (χ1n) is 4.63. The van der Waals surface area contributed by atoms with Crippen molar-refractivity contribution in [2.45, 2.75) is 25.4 Å². The fourth-order valence-corrected chi connectivity index (χ4v) is 2.70. The first-order chi connectivity index (χ1) is 5.73. The standard InChI is InChI=1S/C10H16O2/c1-2-3-10(6-11)5-7-4-8(7)9(10)12/h2,7-9,11-12H,1,3-6H2. The largest absolute Gasteiger partial charge is 0.396 e. The van der Waals surface area contributed by atoms with Gasteiger partial charge in [0.25, 0.3) is 0 Å². The van der Waals surface area contributed by atoms with Crippen molar-refractivity contribution in [2.75, 3.05) is 6.61 Å². The van der Waals surface area contributed by atoms with Crippen LogP contribution in [0.4, 0.5) is 0 Å². The molecule has 0 radical (unpaired) electrons. The Morgan fingerprint density at radius 3 is 2.75 bits per heavy atom. The summed E-state index contributed by atoms with van der Waals surface area (Å²) < 4.78 is 0. The molecule has 0 aromatic heterocycles. The second-order valence-electron chi connectivity index (χ2n) is 4.32. The molecule has 2 nitrogen and oxygen atoms in total. The van der Waals surface area contributed by atoms with Crippen LogP contribution < -0.4 is 0 Å². The highest BCUT2D eigenvalue weighted by molar-refractivity contribution is 5.10. The summed E-state index contributed by atoms with van der Waals surface area (Å²) in [5, 5.41) is 19.1. The van der Waals surface area contributed by atoms with Crippen molar-refractivity contribution in [2.24, 2.45) is 17.3 Å². The number of hydrogen-bond donors (Lipinski definition) is 2. The lowest BCUT2D eigenvalue weighted by molar-refractivity contribution is -0.0101. The number of hydrogen-bond acceptors (Lipinski definition) is 2. The van der Waals surface area contributed by atoms with Gasteiger partial charge in [0.05, 0.1) is 12.7 Å². The van der Waals surface area contributed by atoms with E-state index < -0.39 is 0 Å². The van der Waals surface area contributed by atoms with Crippen LogP contribution in [-0.4, -0.2) is 22.9 Å². The lowest BCUT2D eigenvalue weighted by atomic mass is 9.78. The van der Waals surface area contributed by atoms with Crippen LogP contribution in [0.1, 0.15) is 19.3 Å². The third-order valence-corrected chi connectivity index (χ3v) is 3.54. The minimum absolute atomic E-state index is 0.104. The average Bonchev–Trinajstić information content (AvgIpc) is 2.76. The molecule has 0 bridgehead atoms. The number of aliphatic hydroxyl groups is 2. The maximum Gasteiger partial charge on any atom is 0.0652 e. The van der Waals surface area contributed by atoms with Crippen LogP contribution in [0.5, 0.6) is 0 Å². The Bertz CT molecular complexity index is 202. The van der Waals surface area contributed by atoms with Crippen molar-refractivity contribution >= 4 is 0 Å². The van der Waals surface area contributed by atoms with Gasteiger partial charge in [0.15, 0.2) is 0 Å². The van der Waals surface area contributed by atoms with Gasteiger partial charge in [-0.1, -0.05) is 6.08 Å². The highest BCUT2D eigenvalue weighted by Crippen LogP contribution is 2.60. The Morgan fingerprint density at radius 1 is 1.58 bits per heavy atom. The SMILES string of the molecule is C=CCC1(CO)CC2CC2C1O. The molecule has 4 unspecified atom stereocenters. The third kappa shape index (κ3) is 0.947. The van der Waals surface area contributed by atoms with Gasteiger partial charge >= 0.3 is 0 Å². The molecule has 2 aliphatic carbocycles. The molecule has 0 spiro atoms. The van der Waals surface area contributed by atoms with Gasteiger partial charge in [-0.3, -0.25) is 0 Å². The predicted octanol–water partition coefficient (Wildman–Crippen LogP) is 0.942. The van der Waals surface area contributed by atoms with Crippen LogP contribution in [0, 0.1) is 17.3 Å². The van der Waals surface area contributed by atoms with Gasteiger partial charge in [-0.05, 0) is 31.1 Å². The second-order valence-corrected chi connectivity index (χ2v) is 4.32. The van der Waals surface area contributed by atoms with Crippen molar-refractivity contribution in [1.29, 1.82) is 0 Å².